The van der Waals surface area contributed by atoms with Gasteiger partial charge >= 0.3 is 0 Å². The zero-order valence-electron chi connectivity index (χ0n) is 11.1. The molecule has 1 atom stereocenters. The average molecular weight is 278 g/mol. The SMILES string of the molecule is Cc1cc(NC2CCC(=O)NC2)c(C(N)=S)c(C)n1. The van der Waals surface area contributed by atoms with Gasteiger partial charge in [-0.1, -0.05) is 12.2 Å². The zero-order valence-corrected chi connectivity index (χ0v) is 11.9. The predicted molar refractivity (Wildman–Crippen MR) is 79.3 cm³/mol. The van der Waals surface area contributed by atoms with Crippen LogP contribution in [0, 0.1) is 13.8 Å². The first-order valence-electron chi connectivity index (χ1n) is 6.28. The third kappa shape index (κ3) is 3.20. The van der Waals surface area contributed by atoms with Gasteiger partial charge in [-0.2, -0.15) is 0 Å². The average Bonchev–Trinajstić information content (AvgIpc) is 2.30. The molecule has 4 N–H and O–H groups in total. The maximum absolute atomic E-state index is 11.2. The number of nitrogens with zero attached hydrogens (tertiary/aromatic N) is 1. The molecular weight excluding hydrogens is 260 g/mol. The Balaban J connectivity index is 2.24. The molecule has 1 aromatic heterocycles. The second kappa shape index (κ2) is 5.52. The lowest BCUT2D eigenvalue weighted by molar-refractivity contribution is -0.122. The number of nitrogens with one attached hydrogen (secondary N) is 2. The van der Waals surface area contributed by atoms with E-state index in [4.69, 9.17) is 18.0 Å². The number of thiocarbonyl (C=S) groups is 1. The van der Waals surface area contributed by atoms with Gasteiger partial charge < -0.3 is 16.4 Å². The fourth-order valence-electron chi connectivity index (χ4n) is 2.33. The molecule has 1 unspecified atom stereocenters. The van der Waals surface area contributed by atoms with Gasteiger partial charge in [0.05, 0.1) is 5.56 Å². The normalized spacial score (nSPS) is 18.8. The third-order valence-electron chi connectivity index (χ3n) is 3.20. The number of hydrogen-bond donors (Lipinski definition) is 3. The molecule has 1 aliphatic heterocycles. The summed E-state index contributed by atoms with van der Waals surface area (Å²) in [4.78, 5) is 15.9. The highest BCUT2D eigenvalue weighted by atomic mass is 32.1. The maximum Gasteiger partial charge on any atom is 0.220 e. The fraction of sp³-hybridized carbons (Fsp3) is 0.462. The molecule has 1 aromatic rings. The van der Waals surface area contributed by atoms with E-state index < -0.39 is 0 Å². The Hall–Kier alpha value is -1.69. The summed E-state index contributed by atoms with van der Waals surface area (Å²) in [5, 5.41) is 6.26. The number of aryl methyl sites for hydroxylation is 2. The molecule has 19 heavy (non-hydrogen) atoms. The Morgan fingerprint density at radius 2 is 2.32 bits per heavy atom. The smallest absolute Gasteiger partial charge is 0.220 e. The number of nitrogens with two attached hydrogens (primary N) is 1. The van der Waals surface area contributed by atoms with E-state index in [0.29, 0.717) is 18.0 Å². The molecule has 6 heteroatoms. The number of anilines is 1. The number of rotatable bonds is 3. The van der Waals surface area contributed by atoms with Gasteiger partial charge in [0, 0.05) is 36.1 Å². The summed E-state index contributed by atoms with van der Waals surface area (Å²) < 4.78 is 0. The molecule has 0 aromatic carbocycles. The van der Waals surface area contributed by atoms with Crippen LogP contribution in [0.2, 0.25) is 0 Å². The molecule has 1 saturated heterocycles. The predicted octanol–water partition coefficient (Wildman–Crippen LogP) is 1.02. The van der Waals surface area contributed by atoms with Crippen molar-refractivity contribution in [1.29, 1.82) is 0 Å². The number of carbonyl (C=O) groups is 1. The van der Waals surface area contributed by atoms with Gasteiger partial charge in [-0.3, -0.25) is 9.78 Å². The molecule has 2 rings (SSSR count). The van der Waals surface area contributed by atoms with E-state index in [0.717, 1.165) is 29.1 Å². The Morgan fingerprint density at radius 1 is 1.58 bits per heavy atom. The maximum atomic E-state index is 11.2. The number of aromatic nitrogens is 1. The second-order valence-corrected chi connectivity index (χ2v) is 5.26. The lowest BCUT2D eigenvalue weighted by atomic mass is 10.0. The summed E-state index contributed by atoms with van der Waals surface area (Å²) in [6, 6.07) is 2.14. The first kappa shape index (κ1) is 13.7. The minimum atomic E-state index is 0.106. The Kier molecular flexibility index (Phi) is 3.99. The molecule has 0 bridgehead atoms. The molecule has 0 spiro atoms. The molecule has 102 valence electrons. The first-order chi connectivity index (χ1) is 8.97. The van der Waals surface area contributed by atoms with Crippen LogP contribution in [0.15, 0.2) is 6.07 Å². The van der Waals surface area contributed by atoms with Crippen molar-refractivity contribution in [3.63, 3.8) is 0 Å². The van der Waals surface area contributed by atoms with Crippen LogP contribution >= 0.6 is 12.2 Å². The minimum absolute atomic E-state index is 0.106. The van der Waals surface area contributed by atoms with E-state index in [9.17, 15) is 4.79 Å². The second-order valence-electron chi connectivity index (χ2n) is 4.82. The third-order valence-corrected chi connectivity index (χ3v) is 3.40. The van der Waals surface area contributed by atoms with Crippen molar-refractivity contribution in [3.05, 3.63) is 23.0 Å². The van der Waals surface area contributed by atoms with Gasteiger partial charge in [0.1, 0.15) is 4.99 Å². The summed E-state index contributed by atoms with van der Waals surface area (Å²) in [6.45, 7) is 4.45. The number of amides is 1. The van der Waals surface area contributed by atoms with Crippen LogP contribution in [0.25, 0.3) is 0 Å². The molecule has 1 aliphatic rings. The lowest BCUT2D eigenvalue weighted by Crippen LogP contribution is -2.42. The summed E-state index contributed by atoms with van der Waals surface area (Å²) in [6.07, 6.45) is 1.35. The summed E-state index contributed by atoms with van der Waals surface area (Å²) in [7, 11) is 0. The van der Waals surface area contributed by atoms with Crippen molar-refractivity contribution in [3.8, 4) is 0 Å². The van der Waals surface area contributed by atoms with Crippen LogP contribution in [-0.2, 0) is 4.79 Å². The zero-order chi connectivity index (χ0) is 14.0. The monoisotopic (exact) mass is 278 g/mol. The number of piperidine rings is 1. The molecule has 1 fully saturated rings. The van der Waals surface area contributed by atoms with Crippen molar-refractivity contribution >= 4 is 28.8 Å². The molecule has 2 heterocycles. The van der Waals surface area contributed by atoms with Crippen molar-refractivity contribution in [1.82, 2.24) is 10.3 Å². The molecule has 5 nitrogen and oxygen atoms in total. The fourth-order valence-corrected chi connectivity index (χ4v) is 2.59. The topological polar surface area (TPSA) is 80.0 Å². The van der Waals surface area contributed by atoms with Crippen LogP contribution < -0.4 is 16.4 Å². The van der Waals surface area contributed by atoms with E-state index in [2.05, 4.69) is 15.6 Å². The Bertz CT molecular complexity index is 520. The van der Waals surface area contributed by atoms with E-state index >= 15 is 0 Å². The van der Waals surface area contributed by atoms with Gasteiger partial charge in [0.2, 0.25) is 5.91 Å². The summed E-state index contributed by atoms with van der Waals surface area (Å²) in [5.41, 5.74) is 9.21. The van der Waals surface area contributed by atoms with Crippen molar-refractivity contribution in [2.45, 2.75) is 32.7 Å². The Morgan fingerprint density at radius 3 is 2.89 bits per heavy atom. The van der Waals surface area contributed by atoms with E-state index in [1.54, 1.807) is 0 Å². The first-order valence-corrected chi connectivity index (χ1v) is 6.69. The quantitative estimate of drug-likeness (QED) is 0.719. The van der Waals surface area contributed by atoms with Crippen LogP contribution in [0.5, 0.6) is 0 Å². The summed E-state index contributed by atoms with van der Waals surface area (Å²) in [5.74, 6) is 0.106. The van der Waals surface area contributed by atoms with E-state index in [1.807, 2.05) is 19.9 Å². The minimum Gasteiger partial charge on any atom is -0.389 e. The molecule has 0 radical (unpaired) electrons. The van der Waals surface area contributed by atoms with Crippen molar-refractivity contribution in [2.24, 2.45) is 5.73 Å². The van der Waals surface area contributed by atoms with Gasteiger partial charge in [-0.05, 0) is 26.3 Å². The van der Waals surface area contributed by atoms with Crippen LogP contribution in [0.3, 0.4) is 0 Å². The molecule has 1 amide bonds. The highest BCUT2D eigenvalue weighted by Crippen LogP contribution is 2.22. The Labute approximate surface area is 118 Å². The van der Waals surface area contributed by atoms with Crippen molar-refractivity contribution < 1.29 is 4.79 Å². The lowest BCUT2D eigenvalue weighted by Gasteiger charge is -2.26. The highest BCUT2D eigenvalue weighted by Gasteiger charge is 2.20. The van der Waals surface area contributed by atoms with Gasteiger partial charge in [-0.25, -0.2) is 0 Å². The molecule has 0 aliphatic carbocycles. The van der Waals surface area contributed by atoms with Crippen molar-refractivity contribution in [2.75, 3.05) is 11.9 Å². The summed E-state index contributed by atoms with van der Waals surface area (Å²) >= 11 is 5.09. The van der Waals surface area contributed by atoms with Gasteiger partial charge in [0.15, 0.2) is 0 Å². The van der Waals surface area contributed by atoms with E-state index in [1.165, 1.54) is 0 Å². The standard InChI is InChI=1S/C13H18N4OS/c1-7-5-10(12(13(14)19)8(2)16-7)17-9-3-4-11(18)15-6-9/h5,9H,3-4,6H2,1-2H3,(H2,14,19)(H,15,18)(H,16,17). The largest absolute Gasteiger partial charge is 0.389 e. The van der Waals surface area contributed by atoms with Crippen LogP contribution in [0.4, 0.5) is 5.69 Å². The van der Waals surface area contributed by atoms with Gasteiger partial charge in [-0.15, -0.1) is 0 Å². The van der Waals surface area contributed by atoms with Crippen LogP contribution in [-0.4, -0.2) is 28.5 Å². The van der Waals surface area contributed by atoms with E-state index in [-0.39, 0.29) is 11.9 Å². The van der Waals surface area contributed by atoms with Crippen LogP contribution in [0.1, 0.15) is 29.8 Å². The number of pyridine rings is 1. The highest BCUT2D eigenvalue weighted by molar-refractivity contribution is 7.80. The van der Waals surface area contributed by atoms with Gasteiger partial charge in [0.25, 0.3) is 0 Å². The number of hydrogen-bond acceptors (Lipinski definition) is 4. The molecular formula is C13H18N4OS. The molecule has 0 saturated carbocycles. The number of carbonyl (C=O) groups excluding carboxylic acids is 1.